The Balaban J connectivity index is 1.94. The molecule has 4 rings (SSSR count). The monoisotopic (exact) mass is 498 g/mol. The zero-order valence-corrected chi connectivity index (χ0v) is 20.7. The number of fused-ring (bicyclic) bond motifs is 1. The van der Waals surface area contributed by atoms with Gasteiger partial charge in [-0.25, -0.2) is 8.42 Å². The van der Waals surface area contributed by atoms with Gasteiger partial charge in [-0.05, 0) is 48.7 Å². The van der Waals surface area contributed by atoms with E-state index in [1.54, 1.807) is 32.0 Å². The minimum atomic E-state index is -4.02. The first-order chi connectivity index (χ1) is 16.4. The summed E-state index contributed by atoms with van der Waals surface area (Å²) in [6, 6.07) is 24.8. The van der Waals surface area contributed by atoms with Crippen LogP contribution in [0, 0.1) is 0 Å². The van der Waals surface area contributed by atoms with Gasteiger partial charge in [0, 0.05) is 0 Å². The highest BCUT2D eigenvalue weighted by molar-refractivity contribution is 7.89. The van der Waals surface area contributed by atoms with Crippen LogP contribution >= 0.6 is 7.60 Å². The molecule has 178 valence electrons. The van der Waals surface area contributed by atoms with Gasteiger partial charge in [-0.1, -0.05) is 72.8 Å². The summed E-state index contributed by atoms with van der Waals surface area (Å²) in [6.45, 7) is 3.73. The van der Waals surface area contributed by atoms with Gasteiger partial charge in [0.2, 0.25) is 0 Å². The number of hydrogen-bond donors (Lipinski definition) is 1. The van der Waals surface area contributed by atoms with E-state index in [-0.39, 0.29) is 18.1 Å². The van der Waals surface area contributed by atoms with Crippen molar-refractivity contribution in [1.82, 2.24) is 9.84 Å². The van der Waals surface area contributed by atoms with Crippen LogP contribution in [0.5, 0.6) is 0 Å². The van der Waals surface area contributed by atoms with E-state index < -0.39 is 23.4 Å². The summed E-state index contributed by atoms with van der Waals surface area (Å²) in [4.78, 5) is 2.76. The topological polar surface area (TPSA) is 84.9 Å². The van der Waals surface area contributed by atoms with Crippen LogP contribution in [0.1, 0.15) is 36.3 Å². The molecule has 0 radical (unpaired) electrons. The maximum Gasteiger partial charge on any atom is 0.359 e. The van der Waals surface area contributed by atoms with Crippen LogP contribution in [-0.4, -0.2) is 26.6 Å². The zero-order valence-electron chi connectivity index (χ0n) is 19.0. The largest absolute Gasteiger partial charge is 0.359 e. The third-order valence-corrected chi connectivity index (χ3v) is 9.00. The van der Waals surface area contributed by atoms with Crippen molar-refractivity contribution in [3.05, 3.63) is 102 Å². The van der Waals surface area contributed by atoms with Crippen molar-refractivity contribution in [2.24, 2.45) is 0 Å². The van der Waals surface area contributed by atoms with Gasteiger partial charge in [0.15, 0.2) is 5.78 Å². The van der Waals surface area contributed by atoms with Crippen LogP contribution in [-0.2, 0) is 23.6 Å². The predicted octanol–water partition coefficient (Wildman–Crippen LogP) is 5.66. The summed E-state index contributed by atoms with van der Waals surface area (Å²) in [6.07, 6.45) is 1.87. The molecular weight excluding hydrogens is 471 g/mol. The van der Waals surface area contributed by atoms with Crippen LogP contribution in [0.2, 0.25) is 0 Å². The van der Waals surface area contributed by atoms with E-state index in [0.29, 0.717) is 11.3 Å². The number of hydrogen-bond acceptors (Lipinski definition) is 6. The van der Waals surface area contributed by atoms with Crippen molar-refractivity contribution in [2.75, 3.05) is 13.2 Å². The average molecular weight is 499 g/mol. The minimum absolute atomic E-state index is 0.0858. The van der Waals surface area contributed by atoms with E-state index in [1.165, 1.54) is 17.1 Å². The van der Waals surface area contributed by atoms with Crippen LogP contribution in [0.15, 0.2) is 89.8 Å². The fourth-order valence-corrected chi connectivity index (χ4v) is 7.21. The first-order valence-electron chi connectivity index (χ1n) is 11.0. The predicted molar refractivity (Wildman–Crippen MR) is 133 cm³/mol. The molecule has 0 aliphatic carbocycles. The summed E-state index contributed by atoms with van der Waals surface area (Å²) >= 11 is 0. The molecule has 3 aromatic carbocycles. The fourth-order valence-electron chi connectivity index (χ4n) is 3.93. The molecule has 0 bridgehead atoms. The summed E-state index contributed by atoms with van der Waals surface area (Å²) in [5, 5.41) is 1.41. The van der Waals surface area contributed by atoms with Gasteiger partial charge in [0.25, 0.3) is 10.0 Å². The smallest absolute Gasteiger partial charge is 0.307 e. The molecule has 0 saturated carbocycles. The second kappa shape index (κ2) is 10.3. The number of benzene rings is 3. The number of nitrogens with one attached hydrogen (secondary N) is 1. The molecule has 34 heavy (non-hydrogen) atoms. The van der Waals surface area contributed by atoms with E-state index in [0.717, 1.165) is 11.1 Å². The Morgan fingerprint density at radius 3 is 2.03 bits per heavy atom. The van der Waals surface area contributed by atoms with Crippen LogP contribution in [0.25, 0.3) is 11.8 Å². The lowest BCUT2D eigenvalue weighted by molar-refractivity contribution is 0.181. The first-order valence-corrected chi connectivity index (χ1v) is 14.1. The molecule has 1 aliphatic heterocycles. The Morgan fingerprint density at radius 1 is 0.853 bits per heavy atom. The van der Waals surface area contributed by atoms with Crippen molar-refractivity contribution in [3.63, 3.8) is 0 Å². The Bertz CT molecular complexity index is 1300. The van der Waals surface area contributed by atoms with Gasteiger partial charge in [-0.2, -0.15) is 0 Å². The zero-order chi connectivity index (χ0) is 24.2. The summed E-state index contributed by atoms with van der Waals surface area (Å²) in [5.74, 6) is -1.04. The van der Waals surface area contributed by atoms with Crippen LogP contribution in [0.4, 0.5) is 0 Å². The molecule has 3 aromatic rings. The lowest BCUT2D eigenvalue weighted by Gasteiger charge is -2.41. The molecule has 1 N–H and O–H groups in total. The Morgan fingerprint density at radius 2 is 1.41 bits per heavy atom. The van der Waals surface area contributed by atoms with Gasteiger partial charge >= 0.3 is 7.60 Å². The molecule has 1 unspecified atom stereocenters. The lowest BCUT2D eigenvalue weighted by Crippen LogP contribution is -2.45. The van der Waals surface area contributed by atoms with Crippen molar-refractivity contribution in [3.8, 4) is 0 Å². The maximum absolute atomic E-state index is 14.2. The standard InChI is InChI=1S/C25H27N2O5PS/c1-3-31-33(28,32-4-2)25-23-18-12-11-15-21(23)19-24(20-13-7-5-8-14-20)27(25)26-34(29,30)22-16-9-6-10-17-22/h5-19,25-26H,3-4H2,1-2H3. The van der Waals surface area contributed by atoms with E-state index in [9.17, 15) is 13.0 Å². The third kappa shape index (κ3) is 4.87. The molecule has 0 spiro atoms. The Hall–Kier alpha value is -2.74. The first kappa shape index (κ1) is 24.4. The Kier molecular flexibility index (Phi) is 7.36. The van der Waals surface area contributed by atoms with Gasteiger partial charge in [0.05, 0.1) is 23.8 Å². The van der Waals surface area contributed by atoms with Gasteiger partial charge in [-0.15, -0.1) is 4.83 Å². The normalized spacial score (nSPS) is 16.1. The fraction of sp³-hybridized carbons (Fsp3) is 0.200. The number of nitrogens with zero attached hydrogens (tertiary/aromatic N) is 1. The van der Waals surface area contributed by atoms with Crippen LogP contribution < -0.4 is 4.83 Å². The van der Waals surface area contributed by atoms with E-state index >= 15 is 0 Å². The quantitative estimate of drug-likeness (QED) is 0.383. The lowest BCUT2D eigenvalue weighted by atomic mass is 9.99. The molecular formula is C25H27N2O5PS. The molecule has 1 atom stereocenters. The second-order valence-electron chi connectivity index (χ2n) is 7.55. The minimum Gasteiger partial charge on any atom is -0.307 e. The molecule has 0 saturated heterocycles. The molecule has 0 aromatic heterocycles. The third-order valence-electron chi connectivity index (χ3n) is 5.33. The molecule has 1 heterocycles. The van der Waals surface area contributed by atoms with E-state index in [4.69, 9.17) is 9.05 Å². The second-order valence-corrected chi connectivity index (χ2v) is 11.3. The maximum atomic E-state index is 14.2. The van der Waals surface area contributed by atoms with Crippen LogP contribution in [0.3, 0.4) is 0 Å². The van der Waals surface area contributed by atoms with Gasteiger partial charge < -0.3 is 9.05 Å². The molecule has 7 nitrogen and oxygen atoms in total. The summed E-state index contributed by atoms with van der Waals surface area (Å²) in [7, 11) is -7.88. The number of rotatable bonds is 9. The van der Waals surface area contributed by atoms with E-state index in [2.05, 4.69) is 4.83 Å². The summed E-state index contributed by atoms with van der Waals surface area (Å²) in [5.41, 5.74) is 2.73. The Labute approximate surface area is 200 Å². The van der Waals surface area contributed by atoms with Crippen molar-refractivity contribution in [2.45, 2.75) is 24.5 Å². The average Bonchev–Trinajstić information content (AvgIpc) is 2.84. The van der Waals surface area contributed by atoms with Crippen molar-refractivity contribution < 1.29 is 22.0 Å². The molecule has 1 aliphatic rings. The molecule has 9 heteroatoms. The van der Waals surface area contributed by atoms with Gasteiger partial charge in [-0.3, -0.25) is 9.57 Å². The number of hydrazine groups is 1. The van der Waals surface area contributed by atoms with Crippen molar-refractivity contribution in [1.29, 1.82) is 0 Å². The highest BCUT2D eigenvalue weighted by Gasteiger charge is 2.46. The highest BCUT2D eigenvalue weighted by atomic mass is 32.2. The molecule has 0 fully saturated rings. The SMILES string of the molecule is CCOP(=O)(OCC)C1c2ccccc2C=C(c2ccccc2)N1NS(=O)(=O)c1ccccc1. The van der Waals surface area contributed by atoms with Crippen molar-refractivity contribution >= 4 is 29.4 Å². The molecule has 0 amide bonds. The summed E-state index contributed by atoms with van der Waals surface area (Å²) < 4.78 is 52.5. The number of sulfonamides is 1. The van der Waals surface area contributed by atoms with Gasteiger partial charge in [0.1, 0.15) is 0 Å². The highest BCUT2D eigenvalue weighted by Crippen LogP contribution is 2.64. The van der Waals surface area contributed by atoms with E-state index in [1.807, 2.05) is 60.7 Å².